The molecule has 1 aliphatic rings. The summed E-state index contributed by atoms with van der Waals surface area (Å²) < 4.78 is 5.52. The third-order valence-electron chi connectivity index (χ3n) is 5.06. The Labute approximate surface area is 130 Å². The summed E-state index contributed by atoms with van der Waals surface area (Å²) in [5.41, 5.74) is 4.32. The fourth-order valence-electron chi connectivity index (χ4n) is 4.00. The summed E-state index contributed by atoms with van der Waals surface area (Å²) in [6.45, 7) is 10.1. The maximum atomic E-state index is 5.52. The molecule has 1 unspecified atom stereocenters. The van der Waals surface area contributed by atoms with Crippen LogP contribution in [0.5, 0.6) is 5.75 Å². The molecule has 118 valence electrons. The van der Waals surface area contributed by atoms with Gasteiger partial charge in [-0.1, -0.05) is 38.8 Å². The van der Waals surface area contributed by atoms with E-state index < -0.39 is 0 Å². The van der Waals surface area contributed by atoms with E-state index in [0.29, 0.717) is 11.5 Å². The Morgan fingerprint density at radius 1 is 1.19 bits per heavy atom. The van der Waals surface area contributed by atoms with Crippen LogP contribution < -0.4 is 10.1 Å². The second-order valence-electron chi connectivity index (χ2n) is 6.94. The Morgan fingerprint density at radius 3 is 2.24 bits per heavy atom. The van der Waals surface area contributed by atoms with Gasteiger partial charge < -0.3 is 10.1 Å². The molecular formula is C19H31NO. The monoisotopic (exact) mass is 289 g/mol. The molecule has 1 N–H and O–H groups in total. The van der Waals surface area contributed by atoms with E-state index in [-0.39, 0.29) is 0 Å². The number of rotatable bonds is 6. The second kappa shape index (κ2) is 6.83. The van der Waals surface area contributed by atoms with Crippen molar-refractivity contribution in [3.63, 3.8) is 0 Å². The van der Waals surface area contributed by atoms with Gasteiger partial charge in [0.1, 0.15) is 5.75 Å². The zero-order chi connectivity index (χ0) is 15.5. The van der Waals surface area contributed by atoms with E-state index in [1.54, 1.807) is 7.11 Å². The molecule has 0 saturated heterocycles. The van der Waals surface area contributed by atoms with Crippen LogP contribution in [0.1, 0.15) is 68.7 Å². The standard InChI is InChI=1S/C19H31NO/c1-6-11-20-18(19(4)9-7-8-10-19)16-12-14(2)17(21-5)15(3)13-16/h12-13,18,20H,6-11H2,1-5H3. The normalized spacial score (nSPS) is 18.7. The number of hydrogen-bond acceptors (Lipinski definition) is 2. The first-order valence-corrected chi connectivity index (χ1v) is 8.40. The van der Waals surface area contributed by atoms with Crippen LogP contribution in [0.4, 0.5) is 0 Å². The van der Waals surface area contributed by atoms with Gasteiger partial charge >= 0.3 is 0 Å². The minimum absolute atomic E-state index is 0.392. The molecule has 21 heavy (non-hydrogen) atoms. The third-order valence-corrected chi connectivity index (χ3v) is 5.06. The van der Waals surface area contributed by atoms with Gasteiger partial charge in [0.25, 0.3) is 0 Å². The topological polar surface area (TPSA) is 21.3 Å². The van der Waals surface area contributed by atoms with Crippen LogP contribution in [0.2, 0.25) is 0 Å². The van der Waals surface area contributed by atoms with Gasteiger partial charge in [-0.15, -0.1) is 0 Å². The van der Waals surface area contributed by atoms with Crippen LogP contribution in [0.15, 0.2) is 12.1 Å². The Morgan fingerprint density at radius 2 is 1.76 bits per heavy atom. The molecular weight excluding hydrogens is 258 g/mol. The lowest BCUT2D eigenvalue weighted by Crippen LogP contribution is -2.35. The van der Waals surface area contributed by atoms with Crippen molar-refractivity contribution in [3.05, 3.63) is 28.8 Å². The average Bonchev–Trinajstić information content (AvgIpc) is 2.86. The zero-order valence-corrected chi connectivity index (χ0v) is 14.4. The maximum absolute atomic E-state index is 5.52. The van der Waals surface area contributed by atoms with Crippen molar-refractivity contribution in [1.82, 2.24) is 5.32 Å². The van der Waals surface area contributed by atoms with E-state index in [4.69, 9.17) is 4.74 Å². The molecule has 0 aliphatic heterocycles. The first-order valence-electron chi connectivity index (χ1n) is 8.40. The molecule has 1 aromatic carbocycles. The molecule has 1 aliphatic carbocycles. The Bertz CT molecular complexity index is 451. The fraction of sp³-hybridized carbons (Fsp3) is 0.684. The lowest BCUT2D eigenvalue weighted by atomic mass is 9.76. The zero-order valence-electron chi connectivity index (χ0n) is 14.4. The highest BCUT2D eigenvalue weighted by Gasteiger charge is 2.37. The van der Waals surface area contributed by atoms with Gasteiger partial charge in [0, 0.05) is 6.04 Å². The molecule has 2 heteroatoms. The molecule has 2 nitrogen and oxygen atoms in total. The predicted molar refractivity (Wildman–Crippen MR) is 90.1 cm³/mol. The highest BCUT2D eigenvalue weighted by atomic mass is 16.5. The van der Waals surface area contributed by atoms with E-state index in [1.165, 1.54) is 48.8 Å². The molecule has 0 bridgehead atoms. The first-order chi connectivity index (χ1) is 10.0. The molecule has 0 aromatic heterocycles. The minimum Gasteiger partial charge on any atom is -0.496 e. The molecule has 1 saturated carbocycles. The van der Waals surface area contributed by atoms with Crippen molar-refractivity contribution in [2.45, 2.75) is 65.8 Å². The summed E-state index contributed by atoms with van der Waals surface area (Å²) in [5.74, 6) is 1.03. The summed E-state index contributed by atoms with van der Waals surface area (Å²) in [4.78, 5) is 0. The Balaban J connectivity index is 2.36. The van der Waals surface area contributed by atoms with E-state index in [9.17, 15) is 0 Å². The summed E-state index contributed by atoms with van der Waals surface area (Å²) >= 11 is 0. The molecule has 1 fully saturated rings. The molecule has 0 radical (unpaired) electrons. The van der Waals surface area contributed by atoms with E-state index >= 15 is 0 Å². The van der Waals surface area contributed by atoms with Crippen molar-refractivity contribution < 1.29 is 4.74 Å². The number of benzene rings is 1. The van der Waals surface area contributed by atoms with Gasteiger partial charge in [0.2, 0.25) is 0 Å². The smallest absolute Gasteiger partial charge is 0.124 e. The predicted octanol–water partition coefficient (Wildman–Crippen LogP) is 4.93. The third kappa shape index (κ3) is 3.42. The molecule has 1 aromatic rings. The Kier molecular flexibility index (Phi) is 5.32. The van der Waals surface area contributed by atoms with Gasteiger partial charge in [0.05, 0.1) is 7.11 Å². The average molecular weight is 289 g/mol. The van der Waals surface area contributed by atoms with Crippen LogP contribution >= 0.6 is 0 Å². The van der Waals surface area contributed by atoms with Crippen LogP contribution in [0, 0.1) is 19.3 Å². The lowest BCUT2D eigenvalue weighted by molar-refractivity contribution is 0.223. The number of hydrogen-bond donors (Lipinski definition) is 1. The highest BCUT2D eigenvalue weighted by molar-refractivity contribution is 5.44. The SMILES string of the molecule is CCCNC(c1cc(C)c(OC)c(C)c1)C1(C)CCCC1. The van der Waals surface area contributed by atoms with Gasteiger partial charge in [-0.05, 0) is 61.8 Å². The number of aryl methyl sites for hydroxylation is 2. The summed E-state index contributed by atoms with van der Waals surface area (Å²) in [6.07, 6.45) is 6.58. The number of nitrogens with one attached hydrogen (secondary N) is 1. The summed E-state index contributed by atoms with van der Waals surface area (Å²) in [5, 5.41) is 3.82. The van der Waals surface area contributed by atoms with Gasteiger partial charge in [0.15, 0.2) is 0 Å². The van der Waals surface area contributed by atoms with Crippen LogP contribution in [0.25, 0.3) is 0 Å². The number of ether oxygens (including phenoxy) is 1. The minimum atomic E-state index is 0.392. The van der Waals surface area contributed by atoms with Crippen molar-refractivity contribution in [2.24, 2.45) is 5.41 Å². The second-order valence-corrected chi connectivity index (χ2v) is 6.94. The number of methoxy groups -OCH3 is 1. The molecule has 0 heterocycles. The van der Waals surface area contributed by atoms with Crippen molar-refractivity contribution in [2.75, 3.05) is 13.7 Å². The summed E-state index contributed by atoms with van der Waals surface area (Å²) in [7, 11) is 1.76. The maximum Gasteiger partial charge on any atom is 0.124 e. The summed E-state index contributed by atoms with van der Waals surface area (Å²) in [6, 6.07) is 5.11. The van der Waals surface area contributed by atoms with Gasteiger partial charge in [-0.2, -0.15) is 0 Å². The van der Waals surface area contributed by atoms with E-state index in [1.807, 2.05) is 0 Å². The Hall–Kier alpha value is -1.02. The largest absolute Gasteiger partial charge is 0.496 e. The van der Waals surface area contributed by atoms with Crippen LogP contribution in [0.3, 0.4) is 0 Å². The quantitative estimate of drug-likeness (QED) is 0.801. The van der Waals surface area contributed by atoms with Crippen molar-refractivity contribution in [3.8, 4) is 5.75 Å². The highest BCUT2D eigenvalue weighted by Crippen LogP contribution is 2.47. The van der Waals surface area contributed by atoms with Crippen LogP contribution in [-0.2, 0) is 0 Å². The fourth-order valence-corrected chi connectivity index (χ4v) is 4.00. The first kappa shape index (κ1) is 16.4. The molecule has 1 atom stereocenters. The van der Waals surface area contributed by atoms with Gasteiger partial charge in [-0.25, -0.2) is 0 Å². The molecule has 0 spiro atoms. The van der Waals surface area contributed by atoms with E-state index in [0.717, 1.165) is 12.3 Å². The molecule has 2 rings (SSSR count). The van der Waals surface area contributed by atoms with E-state index in [2.05, 4.69) is 45.1 Å². The van der Waals surface area contributed by atoms with Crippen LogP contribution in [-0.4, -0.2) is 13.7 Å². The van der Waals surface area contributed by atoms with Gasteiger partial charge in [-0.3, -0.25) is 0 Å². The lowest BCUT2D eigenvalue weighted by Gasteiger charge is -2.36. The molecule has 0 amide bonds. The van der Waals surface area contributed by atoms with Crippen molar-refractivity contribution in [1.29, 1.82) is 0 Å². The van der Waals surface area contributed by atoms with Crippen molar-refractivity contribution >= 4 is 0 Å².